The molecule has 0 aliphatic heterocycles. The molecule has 0 bridgehead atoms. The molecule has 0 spiro atoms. The Hall–Kier alpha value is -3.35. The Morgan fingerprint density at radius 1 is 1.00 bits per heavy atom. The fourth-order valence-corrected chi connectivity index (χ4v) is 2.08. The number of nitrogens with one attached hydrogen (secondary N) is 2. The molecule has 0 atom stereocenters. The number of ether oxygens (including phenoxy) is 2. The Morgan fingerprint density at radius 3 is 2.38 bits per heavy atom. The number of rotatable bonds is 7. The number of carbonyl (C=O) groups excluding carboxylic acids is 3. The van der Waals surface area contributed by atoms with Gasteiger partial charge in [0.2, 0.25) is 0 Å². The summed E-state index contributed by atoms with van der Waals surface area (Å²) in [6.45, 7) is 1.21. The SMILES string of the molecule is CNC(=O)c1ccc(NC(=O)COC(=O)COc2cccc(C)c2)cc1. The van der Waals surface area contributed by atoms with Crippen LogP contribution in [0.4, 0.5) is 5.69 Å². The van der Waals surface area contributed by atoms with Crippen molar-refractivity contribution in [3.05, 3.63) is 59.7 Å². The molecule has 2 N–H and O–H groups in total. The van der Waals surface area contributed by atoms with E-state index in [-0.39, 0.29) is 12.5 Å². The summed E-state index contributed by atoms with van der Waals surface area (Å²) >= 11 is 0. The molecule has 7 heteroatoms. The van der Waals surface area contributed by atoms with Gasteiger partial charge in [0.05, 0.1) is 0 Å². The average molecular weight is 356 g/mol. The van der Waals surface area contributed by atoms with Crippen LogP contribution in [0.25, 0.3) is 0 Å². The minimum Gasteiger partial charge on any atom is -0.482 e. The molecule has 2 aromatic carbocycles. The van der Waals surface area contributed by atoms with Gasteiger partial charge in [-0.2, -0.15) is 0 Å². The van der Waals surface area contributed by atoms with Crippen molar-refractivity contribution in [2.24, 2.45) is 0 Å². The number of carbonyl (C=O) groups is 3. The molecule has 0 aliphatic rings. The Labute approximate surface area is 151 Å². The molecule has 2 aromatic rings. The van der Waals surface area contributed by atoms with Gasteiger partial charge < -0.3 is 20.1 Å². The molecule has 136 valence electrons. The smallest absolute Gasteiger partial charge is 0.344 e. The van der Waals surface area contributed by atoms with E-state index >= 15 is 0 Å². The number of esters is 1. The minimum atomic E-state index is -0.642. The van der Waals surface area contributed by atoms with E-state index in [1.165, 1.54) is 7.05 Å². The van der Waals surface area contributed by atoms with Gasteiger partial charge in [-0.15, -0.1) is 0 Å². The lowest BCUT2D eigenvalue weighted by molar-refractivity contribution is -0.149. The maximum atomic E-state index is 11.8. The molecule has 0 aliphatic carbocycles. The molecule has 2 amide bonds. The first kappa shape index (κ1) is 19.0. The van der Waals surface area contributed by atoms with E-state index in [4.69, 9.17) is 9.47 Å². The summed E-state index contributed by atoms with van der Waals surface area (Å²) in [4.78, 5) is 34.9. The maximum absolute atomic E-state index is 11.8. The van der Waals surface area contributed by atoms with Crippen LogP contribution >= 0.6 is 0 Å². The van der Waals surface area contributed by atoms with Gasteiger partial charge in [0.15, 0.2) is 13.2 Å². The highest BCUT2D eigenvalue weighted by molar-refractivity contribution is 5.96. The first-order valence-electron chi connectivity index (χ1n) is 7.95. The summed E-state index contributed by atoms with van der Waals surface area (Å²) < 4.78 is 10.2. The Bertz CT molecular complexity index is 787. The molecule has 0 heterocycles. The third-order valence-electron chi connectivity index (χ3n) is 3.37. The molecular weight excluding hydrogens is 336 g/mol. The molecule has 0 saturated heterocycles. The van der Waals surface area contributed by atoms with Crippen LogP contribution < -0.4 is 15.4 Å². The van der Waals surface area contributed by atoms with Crippen LogP contribution in [-0.4, -0.2) is 38.0 Å². The van der Waals surface area contributed by atoms with Gasteiger partial charge in [0.25, 0.3) is 11.8 Å². The molecule has 0 saturated carbocycles. The van der Waals surface area contributed by atoms with Crippen LogP contribution in [0.15, 0.2) is 48.5 Å². The third-order valence-corrected chi connectivity index (χ3v) is 3.37. The van der Waals surface area contributed by atoms with Gasteiger partial charge in [0.1, 0.15) is 5.75 Å². The normalized spacial score (nSPS) is 9.92. The van der Waals surface area contributed by atoms with Gasteiger partial charge >= 0.3 is 5.97 Å². The zero-order chi connectivity index (χ0) is 18.9. The molecule has 7 nitrogen and oxygen atoms in total. The second kappa shape index (κ2) is 9.22. The summed E-state index contributed by atoms with van der Waals surface area (Å²) in [5.74, 6) is -0.786. The van der Waals surface area contributed by atoms with E-state index in [1.807, 2.05) is 19.1 Å². The molecular formula is C19H20N2O5. The molecule has 0 unspecified atom stereocenters. The fourth-order valence-electron chi connectivity index (χ4n) is 2.08. The zero-order valence-corrected chi connectivity index (χ0v) is 14.6. The van der Waals surface area contributed by atoms with Gasteiger partial charge in [-0.25, -0.2) is 4.79 Å². The number of anilines is 1. The molecule has 26 heavy (non-hydrogen) atoms. The average Bonchev–Trinajstić information content (AvgIpc) is 2.64. The predicted octanol–water partition coefficient (Wildman–Crippen LogP) is 1.92. The Kier molecular flexibility index (Phi) is 6.73. The van der Waals surface area contributed by atoms with E-state index in [9.17, 15) is 14.4 Å². The first-order valence-corrected chi connectivity index (χ1v) is 7.95. The topological polar surface area (TPSA) is 93.7 Å². The second-order valence-corrected chi connectivity index (χ2v) is 5.47. The van der Waals surface area contributed by atoms with E-state index < -0.39 is 18.5 Å². The van der Waals surface area contributed by atoms with Crippen molar-refractivity contribution >= 4 is 23.5 Å². The van der Waals surface area contributed by atoms with Crippen LogP contribution in [0.5, 0.6) is 5.75 Å². The maximum Gasteiger partial charge on any atom is 0.344 e. The molecule has 0 aromatic heterocycles. The molecule has 0 fully saturated rings. The predicted molar refractivity (Wildman–Crippen MR) is 96.1 cm³/mol. The minimum absolute atomic E-state index is 0.217. The molecule has 0 radical (unpaired) electrons. The van der Waals surface area contributed by atoms with Gasteiger partial charge in [-0.05, 0) is 48.9 Å². The summed E-state index contributed by atoms with van der Waals surface area (Å²) in [5.41, 5.74) is 1.98. The number of hydrogen-bond acceptors (Lipinski definition) is 5. The van der Waals surface area contributed by atoms with Crippen LogP contribution in [-0.2, 0) is 14.3 Å². The van der Waals surface area contributed by atoms with Gasteiger partial charge in [-0.3, -0.25) is 9.59 Å². The molecule has 2 rings (SSSR count). The van der Waals surface area contributed by atoms with Crippen LogP contribution in [0.1, 0.15) is 15.9 Å². The van der Waals surface area contributed by atoms with Crippen LogP contribution in [0.2, 0.25) is 0 Å². The highest BCUT2D eigenvalue weighted by atomic mass is 16.6. The van der Waals surface area contributed by atoms with E-state index in [0.717, 1.165) is 5.56 Å². The monoisotopic (exact) mass is 356 g/mol. The van der Waals surface area contributed by atoms with Gasteiger partial charge in [0, 0.05) is 18.3 Å². The number of aryl methyl sites for hydroxylation is 1. The Balaban J connectivity index is 1.74. The van der Waals surface area contributed by atoms with Crippen molar-refractivity contribution in [2.75, 3.05) is 25.6 Å². The third kappa shape index (κ3) is 5.94. The summed E-state index contributed by atoms with van der Waals surface area (Å²) in [7, 11) is 1.54. The van der Waals surface area contributed by atoms with E-state index in [1.54, 1.807) is 36.4 Å². The summed E-state index contributed by atoms with van der Waals surface area (Å²) in [6.07, 6.45) is 0. The first-order chi connectivity index (χ1) is 12.5. The lowest BCUT2D eigenvalue weighted by Gasteiger charge is -2.08. The fraction of sp³-hybridized carbons (Fsp3) is 0.211. The standard InChI is InChI=1S/C19H20N2O5/c1-13-4-3-5-16(10-13)25-12-18(23)26-11-17(22)21-15-8-6-14(7-9-15)19(24)20-2/h3-10H,11-12H2,1-2H3,(H,20,24)(H,21,22). The highest BCUT2D eigenvalue weighted by Crippen LogP contribution is 2.12. The zero-order valence-electron chi connectivity index (χ0n) is 14.6. The van der Waals surface area contributed by atoms with E-state index in [2.05, 4.69) is 10.6 Å². The lowest BCUT2D eigenvalue weighted by Crippen LogP contribution is -2.23. The summed E-state index contributed by atoms with van der Waals surface area (Å²) in [6, 6.07) is 13.6. The van der Waals surface area contributed by atoms with Crippen molar-refractivity contribution in [1.82, 2.24) is 5.32 Å². The Morgan fingerprint density at radius 2 is 1.73 bits per heavy atom. The number of hydrogen-bond donors (Lipinski definition) is 2. The largest absolute Gasteiger partial charge is 0.482 e. The van der Waals surface area contributed by atoms with E-state index in [0.29, 0.717) is 17.0 Å². The summed E-state index contributed by atoms with van der Waals surface area (Å²) in [5, 5.41) is 5.08. The quantitative estimate of drug-likeness (QED) is 0.739. The van der Waals surface area contributed by atoms with Crippen molar-refractivity contribution < 1.29 is 23.9 Å². The highest BCUT2D eigenvalue weighted by Gasteiger charge is 2.09. The number of benzene rings is 2. The lowest BCUT2D eigenvalue weighted by atomic mass is 10.2. The van der Waals surface area contributed by atoms with Crippen molar-refractivity contribution in [2.45, 2.75) is 6.92 Å². The van der Waals surface area contributed by atoms with Gasteiger partial charge in [-0.1, -0.05) is 12.1 Å². The van der Waals surface area contributed by atoms with Crippen molar-refractivity contribution in [3.63, 3.8) is 0 Å². The second-order valence-electron chi connectivity index (χ2n) is 5.47. The van der Waals surface area contributed by atoms with Crippen LogP contribution in [0, 0.1) is 6.92 Å². The van der Waals surface area contributed by atoms with Crippen molar-refractivity contribution in [3.8, 4) is 5.75 Å². The van der Waals surface area contributed by atoms with Crippen LogP contribution in [0.3, 0.4) is 0 Å². The van der Waals surface area contributed by atoms with Crippen molar-refractivity contribution in [1.29, 1.82) is 0 Å². The number of amides is 2.